The number of aromatic nitrogens is 3. The second-order valence-electron chi connectivity index (χ2n) is 11.0. The number of hydrogen-bond donors (Lipinski definition) is 0. The Morgan fingerprint density at radius 2 is 1.58 bits per heavy atom. The first-order valence-corrected chi connectivity index (χ1v) is 12.4. The van der Waals surface area contributed by atoms with Crippen LogP contribution >= 0.6 is 11.8 Å². The Bertz CT molecular complexity index is 1160. The number of ether oxygens (including phenoxy) is 2. The van der Waals surface area contributed by atoms with E-state index in [-0.39, 0.29) is 10.8 Å². The summed E-state index contributed by atoms with van der Waals surface area (Å²) in [7, 11) is 0. The maximum Gasteiger partial charge on any atom is 0.231 e. The van der Waals surface area contributed by atoms with E-state index in [0.717, 1.165) is 47.1 Å². The SMILES string of the molecule is CC(C)(C)c1cc(-c2nnc3n2CN(Cc2ccc4c(c2)OCO4)CS3)cc(C(C)(C)C)c1. The monoisotopic (exact) mass is 464 g/mol. The van der Waals surface area contributed by atoms with Crippen molar-refractivity contribution >= 4 is 11.8 Å². The van der Waals surface area contributed by atoms with Crippen molar-refractivity contribution in [3.63, 3.8) is 0 Å². The van der Waals surface area contributed by atoms with Crippen molar-refractivity contribution in [2.75, 3.05) is 12.7 Å². The van der Waals surface area contributed by atoms with Crippen LogP contribution in [0.15, 0.2) is 41.6 Å². The van der Waals surface area contributed by atoms with Gasteiger partial charge in [-0.2, -0.15) is 0 Å². The molecular formula is C26H32N4O2S. The second kappa shape index (κ2) is 8.06. The Balaban J connectivity index is 1.46. The highest BCUT2D eigenvalue weighted by Crippen LogP contribution is 2.37. The molecular weight excluding hydrogens is 432 g/mol. The van der Waals surface area contributed by atoms with Gasteiger partial charge in [-0.1, -0.05) is 65.4 Å². The summed E-state index contributed by atoms with van der Waals surface area (Å²) >= 11 is 1.74. The molecule has 0 saturated heterocycles. The molecule has 0 radical (unpaired) electrons. The Morgan fingerprint density at radius 1 is 0.879 bits per heavy atom. The largest absolute Gasteiger partial charge is 0.454 e. The van der Waals surface area contributed by atoms with Gasteiger partial charge in [-0.3, -0.25) is 9.47 Å². The van der Waals surface area contributed by atoms with Gasteiger partial charge in [-0.05, 0) is 51.8 Å². The Kier molecular flexibility index (Phi) is 5.45. The van der Waals surface area contributed by atoms with Gasteiger partial charge in [0, 0.05) is 12.1 Å². The summed E-state index contributed by atoms with van der Waals surface area (Å²) in [4.78, 5) is 2.40. The van der Waals surface area contributed by atoms with Gasteiger partial charge in [0.05, 0.1) is 12.5 Å². The number of benzene rings is 2. The van der Waals surface area contributed by atoms with Gasteiger partial charge in [0.2, 0.25) is 6.79 Å². The maximum atomic E-state index is 5.56. The zero-order valence-electron chi connectivity index (χ0n) is 20.3. The van der Waals surface area contributed by atoms with E-state index >= 15 is 0 Å². The third-order valence-corrected chi connectivity index (χ3v) is 7.26. The van der Waals surface area contributed by atoms with E-state index in [9.17, 15) is 0 Å². The third-order valence-electron chi connectivity index (χ3n) is 6.20. The molecule has 0 amide bonds. The van der Waals surface area contributed by atoms with Crippen LogP contribution in [0.25, 0.3) is 11.4 Å². The van der Waals surface area contributed by atoms with Crippen molar-refractivity contribution in [1.82, 2.24) is 19.7 Å². The highest BCUT2D eigenvalue weighted by molar-refractivity contribution is 7.99. The molecule has 2 aliphatic heterocycles. The number of nitrogens with zero attached hydrogens (tertiary/aromatic N) is 4. The zero-order valence-corrected chi connectivity index (χ0v) is 21.1. The summed E-state index contributed by atoms with van der Waals surface area (Å²) in [5.74, 6) is 3.46. The molecule has 3 heterocycles. The molecule has 174 valence electrons. The van der Waals surface area contributed by atoms with Gasteiger partial charge in [-0.25, -0.2) is 0 Å². The van der Waals surface area contributed by atoms with Gasteiger partial charge < -0.3 is 9.47 Å². The van der Waals surface area contributed by atoms with Crippen molar-refractivity contribution < 1.29 is 9.47 Å². The molecule has 0 saturated carbocycles. The molecule has 0 aliphatic carbocycles. The standard InChI is InChI=1S/C26H32N4O2S/c1-25(2,3)19-10-18(11-20(12-19)26(4,5)6)23-27-28-24-30(23)14-29(15-33-24)13-17-7-8-21-22(9-17)32-16-31-21/h7-12H,13-16H2,1-6H3. The molecule has 1 aromatic heterocycles. The van der Waals surface area contributed by atoms with Gasteiger partial charge >= 0.3 is 0 Å². The van der Waals surface area contributed by atoms with Crippen LogP contribution in [0, 0.1) is 0 Å². The Hall–Kier alpha value is -2.51. The van der Waals surface area contributed by atoms with Crippen LogP contribution in [-0.2, 0) is 24.0 Å². The van der Waals surface area contributed by atoms with Crippen LogP contribution in [0.3, 0.4) is 0 Å². The minimum absolute atomic E-state index is 0.0564. The fourth-order valence-corrected chi connectivity index (χ4v) is 5.01. The molecule has 33 heavy (non-hydrogen) atoms. The zero-order chi connectivity index (χ0) is 23.4. The quantitative estimate of drug-likeness (QED) is 0.489. The van der Waals surface area contributed by atoms with E-state index in [2.05, 4.69) is 91.5 Å². The first-order valence-electron chi connectivity index (χ1n) is 11.4. The summed E-state index contributed by atoms with van der Waals surface area (Å²) in [6.45, 7) is 15.5. The van der Waals surface area contributed by atoms with Crippen LogP contribution in [0.4, 0.5) is 0 Å². The van der Waals surface area contributed by atoms with Gasteiger partial charge in [-0.15, -0.1) is 10.2 Å². The molecule has 2 aromatic carbocycles. The normalized spacial score (nSPS) is 16.2. The van der Waals surface area contributed by atoms with E-state index < -0.39 is 0 Å². The molecule has 2 aliphatic rings. The fourth-order valence-electron chi connectivity index (χ4n) is 4.14. The molecule has 3 aromatic rings. The van der Waals surface area contributed by atoms with E-state index in [4.69, 9.17) is 9.47 Å². The second-order valence-corrected chi connectivity index (χ2v) is 11.9. The van der Waals surface area contributed by atoms with Crippen molar-refractivity contribution in [2.45, 2.75) is 70.7 Å². The highest BCUT2D eigenvalue weighted by Gasteiger charge is 2.26. The summed E-state index contributed by atoms with van der Waals surface area (Å²) in [6, 6.07) is 13.1. The smallest absolute Gasteiger partial charge is 0.231 e. The molecule has 5 rings (SSSR count). The maximum absolute atomic E-state index is 5.56. The lowest BCUT2D eigenvalue weighted by Gasteiger charge is -2.29. The summed E-state index contributed by atoms with van der Waals surface area (Å²) < 4.78 is 13.3. The third kappa shape index (κ3) is 4.49. The molecule has 0 unspecified atom stereocenters. The minimum atomic E-state index is 0.0564. The van der Waals surface area contributed by atoms with E-state index in [1.54, 1.807) is 11.8 Å². The van der Waals surface area contributed by atoms with Crippen LogP contribution in [0.5, 0.6) is 11.5 Å². The van der Waals surface area contributed by atoms with Crippen molar-refractivity contribution in [3.8, 4) is 22.9 Å². The number of hydrogen-bond acceptors (Lipinski definition) is 6. The van der Waals surface area contributed by atoms with Gasteiger partial charge in [0.15, 0.2) is 22.5 Å². The van der Waals surface area contributed by atoms with E-state index in [1.165, 1.54) is 16.7 Å². The van der Waals surface area contributed by atoms with Crippen molar-refractivity contribution in [1.29, 1.82) is 0 Å². The van der Waals surface area contributed by atoms with Crippen LogP contribution in [-0.4, -0.2) is 32.3 Å². The lowest BCUT2D eigenvalue weighted by Crippen LogP contribution is -2.30. The molecule has 0 N–H and O–H groups in total. The predicted octanol–water partition coefficient (Wildman–Crippen LogP) is 5.79. The molecule has 7 heteroatoms. The minimum Gasteiger partial charge on any atom is -0.454 e. The van der Waals surface area contributed by atoms with Gasteiger partial charge in [0.25, 0.3) is 0 Å². The summed E-state index contributed by atoms with van der Waals surface area (Å²) in [6.07, 6.45) is 0. The molecule has 6 nitrogen and oxygen atoms in total. The van der Waals surface area contributed by atoms with E-state index in [1.807, 2.05) is 6.07 Å². The number of fused-ring (bicyclic) bond motifs is 2. The summed E-state index contributed by atoms with van der Waals surface area (Å²) in [5.41, 5.74) is 5.10. The van der Waals surface area contributed by atoms with Crippen molar-refractivity contribution in [3.05, 3.63) is 53.1 Å². The predicted molar refractivity (Wildman–Crippen MR) is 132 cm³/mol. The van der Waals surface area contributed by atoms with Crippen LogP contribution in [0.2, 0.25) is 0 Å². The first-order chi connectivity index (χ1) is 15.6. The van der Waals surface area contributed by atoms with Crippen molar-refractivity contribution in [2.24, 2.45) is 0 Å². The number of thioether (sulfide) groups is 1. The summed E-state index contributed by atoms with van der Waals surface area (Å²) in [5, 5.41) is 10.1. The fraction of sp³-hybridized carbons (Fsp3) is 0.462. The Morgan fingerprint density at radius 3 is 2.27 bits per heavy atom. The lowest BCUT2D eigenvalue weighted by atomic mass is 9.79. The lowest BCUT2D eigenvalue weighted by molar-refractivity contribution is 0.174. The average molecular weight is 465 g/mol. The van der Waals surface area contributed by atoms with Gasteiger partial charge in [0.1, 0.15) is 0 Å². The van der Waals surface area contributed by atoms with E-state index in [0.29, 0.717) is 6.79 Å². The first kappa shape index (κ1) is 22.3. The van der Waals surface area contributed by atoms with Crippen LogP contribution in [0.1, 0.15) is 58.2 Å². The molecule has 0 atom stereocenters. The Labute approximate surface area is 200 Å². The highest BCUT2D eigenvalue weighted by atomic mass is 32.2. The molecule has 0 fully saturated rings. The average Bonchev–Trinajstić information content (AvgIpc) is 3.38. The molecule has 0 spiro atoms. The topological polar surface area (TPSA) is 52.4 Å². The molecule has 0 bridgehead atoms. The number of rotatable bonds is 3. The van der Waals surface area contributed by atoms with Crippen LogP contribution < -0.4 is 9.47 Å².